The van der Waals surface area contributed by atoms with E-state index in [9.17, 15) is 4.79 Å². The summed E-state index contributed by atoms with van der Waals surface area (Å²) in [6.07, 6.45) is 0. The number of anilines is 1. The maximum atomic E-state index is 12.0. The summed E-state index contributed by atoms with van der Waals surface area (Å²) >= 11 is 0. The van der Waals surface area contributed by atoms with E-state index < -0.39 is 0 Å². The molecule has 0 bridgehead atoms. The predicted octanol–water partition coefficient (Wildman–Crippen LogP) is 1.48. The third-order valence-electron chi connectivity index (χ3n) is 2.90. The van der Waals surface area contributed by atoms with Crippen molar-refractivity contribution in [3.05, 3.63) is 41.7 Å². The topological polar surface area (TPSA) is 82.2 Å². The minimum absolute atomic E-state index is 0.128. The van der Waals surface area contributed by atoms with Crippen LogP contribution in [0.2, 0.25) is 0 Å². The Balaban J connectivity index is 1.97. The predicted molar refractivity (Wildman–Crippen MR) is 81.3 cm³/mol. The van der Waals surface area contributed by atoms with Gasteiger partial charge in [-0.15, -0.1) is 0 Å². The Morgan fingerprint density at radius 2 is 2.19 bits per heavy atom. The molecule has 1 aromatic heterocycles. The van der Waals surface area contributed by atoms with E-state index in [1.807, 2.05) is 38.1 Å². The van der Waals surface area contributed by atoms with Gasteiger partial charge >= 0.3 is 0 Å². The van der Waals surface area contributed by atoms with Crippen LogP contribution >= 0.6 is 0 Å². The highest BCUT2D eigenvalue weighted by molar-refractivity contribution is 5.90. The van der Waals surface area contributed by atoms with Crippen molar-refractivity contribution in [1.29, 1.82) is 0 Å². The molecule has 0 spiro atoms. The normalized spacial score (nSPS) is 10.4. The zero-order chi connectivity index (χ0) is 15.2. The molecule has 1 heterocycles. The van der Waals surface area contributed by atoms with Gasteiger partial charge in [0.15, 0.2) is 0 Å². The molecule has 2 rings (SSSR count). The zero-order valence-electron chi connectivity index (χ0n) is 12.3. The number of nitrogens with two attached hydrogens (primary N) is 1. The Hall–Kier alpha value is -2.34. The molecule has 6 nitrogen and oxygen atoms in total. The lowest BCUT2D eigenvalue weighted by Crippen LogP contribution is -2.20. The summed E-state index contributed by atoms with van der Waals surface area (Å²) < 4.78 is 7.10. The molecule has 0 unspecified atom stereocenters. The fraction of sp³-hybridized carbons (Fsp3) is 0.333. The van der Waals surface area contributed by atoms with Crippen LogP contribution in [0.4, 0.5) is 5.69 Å². The molecule has 0 atom stereocenters. The first-order valence-corrected chi connectivity index (χ1v) is 6.82. The summed E-state index contributed by atoms with van der Waals surface area (Å²) in [4.78, 5) is 12.0. The lowest BCUT2D eigenvalue weighted by molar-refractivity contribution is -0.116. The number of ether oxygens (including phenoxy) is 1. The van der Waals surface area contributed by atoms with E-state index in [1.165, 1.54) is 0 Å². The van der Waals surface area contributed by atoms with E-state index in [0.717, 1.165) is 11.4 Å². The molecule has 0 saturated heterocycles. The summed E-state index contributed by atoms with van der Waals surface area (Å²) in [5.74, 6) is 0.557. The van der Waals surface area contributed by atoms with Gasteiger partial charge in [0, 0.05) is 24.0 Å². The number of nitrogens with zero attached hydrogens (tertiary/aromatic N) is 2. The number of hydrogen-bond donors (Lipinski definition) is 2. The summed E-state index contributed by atoms with van der Waals surface area (Å²) in [5.41, 5.74) is 7.94. The second-order valence-corrected chi connectivity index (χ2v) is 4.80. The fourth-order valence-corrected chi connectivity index (χ4v) is 2.01. The molecular weight excluding hydrogens is 268 g/mol. The molecule has 6 heteroatoms. The Kier molecular flexibility index (Phi) is 4.94. The SMILES string of the molecule is Cc1cc(C)n(CC(=O)Nc2cccc(OCCN)c2)n1. The van der Waals surface area contributed by atoms with Gasteiger partial charge in [-0.3, -0.25) is 9.48 Å². The number of aromatic nitrogens is 2. The van der Waals surface area contributed by atoms with Gasteiger partial charge in [-0.05, 0) is 32.0 Å². The molecule has 0 radical (unpaired) electrons. The first-order chi connectivity index (χ1) is 10.1. The standard InChI is InChI=1S/C15H20N4O2/c1-11-8-12(2)19(18-11)10-15(20)17-13-4-3-5-14(9-13)21-7-6-16/h3-5,8-9H,6-7,10,16H2,1-2H3,(H,17,20). The number of amides is 1. The maximum absolute atomic E-state index is 12.0. The molecule has 21 heavy (non-hydrogen) atoms. The van der Waals surface area contributed by atoms with Crippen LogP contribution in [0.3, 0.4) is 0 Å². The Morgan fingerprint density at radius 1 is 1.38 bits per heavy atom. The van der Waals surface area contributed by atoms with Crippen LogP contribution < -0.4 is 15.8 Å². The number of hydrogen-bond acceptors (Lipinski definition) is 4. The van der Waals surface area contributed by atoms with Gasteiger partial charge in [-0.25, -0.2) is 0 Å². The van der Waals surface area contributed by atoms with E-state index in [2.05, 4.69) is 10.4 Å². The van der Waals surface area contributed by atoms with E-state index in [1.54, 1.807) is 10.7 Å². The van der Waals surface area contributed by atoms with Gasteiger partial charge in [-0.1, -0.05) is 6.07 Å². The minimum atomic E-state index is -0.128. The number of nitrogens with one attached hydrogen (secondary N) is 1. The lowest BCUT2D eigenvalue weighted by atomic mass is 10.3. The number of carbonyl (C=O) groups excluding carboxylic acids is 1. The molecule has 0 aliphatic rings. The Labute approximate surface area is 123 Å². The van der Waals surface area contributed by atoms with Crippen LogP contribution in [-0.4, -0.2) is 28.8 Å². The van der Waals surface area contributed by atoms with Crippen LogP contribution in [0.5, 0.6) is 5.75 Å². The molecule has 0 saturated carbocycles. The van der Waals surface area contributed by atoms with Crippen LogP contribution in [0.25, 0.3) is 0 Å². The fourth-order valence-electron chi connectivity index (χ4n) is 2.01. The van der Waals surface area contributed by atoms with Gasteiger partial charge < -0.3 is 15.8 Å². The molecule has 2 aromatic rings. The first kappa shape index (κ1) is 15.1. The molecule has 1 amide bonds. The average molecular weight is 288 g/mol. The third-order valence-corrected chi connectivity index (χ3v) is 2.90. The van der Waals surface area contributed by atoms with Gasteiger partial charge in [-0.2, -0.15) is 5.10 Å². The quantitative estimate of drug-likeness (QED) is 0.843. The largest absolute Gasteiger partial charge is 0.492 e. The van der Waals surface area contributed by atoms with E-state index in [0.29, 0.717) is 24.6 Å². The second-order valence-electron chi connectivity index (χ2n) is 4.80. The van der Waals surface area contributed by atoms with Crippen molar-refractivity contribution in [2.24, 2.45) is 5.73 Å². The Morgan fingerprint density at radius 3 is 2.86 bits per heavy atom. The van der Waals surface area contributed by atoms with Crippen molar-refractivity contribution in [3.63, 3.8) is 0 Å². The lowest BCUT2D eigenvalue weighted by Gasteiger charge is -2.09. The van der Waals surface area contributed by atoms with Gasteiger partial charge in [0.2, 0.25) is 5.91 Å². The summed E-state index contributed by atoms with van der Waals surface area (Å²) in [5, 5.41) is 7.10. The molecule has 0 fully saturated rings. The van der Waals surface area contributed by atoms with Crippen molar-refractivity contribution in [2.45, 2.75) is 20.4 Å². The molecule has 0 aliphatic heterocycles. The highest BCUT2D eigenvalue weighted by Crippen LogP contribution is 2.17. The zero-order valence-corrected chi connectivity index (χ0v) is 12.3. The molecule has 1 aromatic carbocycles. The van der Waals surface area contributed by atoms with E-state index in [4.69, 9.17) is 10.5 Å². The second kappa shape index (κ2) is 6.90. The van der Waals surface area contributed by atoms with Gasteiger partial charge in [0.25, 0.3) is 0 Å². The third kappa shape index (κ3) is 4.32. The van der Waals surface area contributed by atoms with Crippen LogP contribution in [0.1, 0.15) is 11.4 Å². The number of rotatable bonds is 6. The van der Waals surface area contributed by atoms with Gasteiger partial charge in [0.05, 0.1) is 5.69 Å². The van der Waals surface area contributed by atoms with Crippen LogP contribution in [0, 0.1) is 13.8 Å². The number of aryl methyl sites for hydroxylation is 2. The van der Waals surface area contributed by atoms with Crippen LogP contribution in [-0.2, 0) is 11.3 Å². The van der Waals surface area contributed by atoms with Crippen molar-refractivity contribution in [3.8, 4) is 5.75 Å². The maximum Gasteiger partial charge on any atom is 0.246 e. The van der Waals surface area contributed by atoms with Crippen molar-refractivity contribution >= 4 is 11.6 Å². The minimum Gasteiger partial charge on any atom is -0.492 e. The number of carbonyl (C=O) groups is 1. The average Bonchev–Trinajstić information content (AvgIpc) is 2.75. The number of benzene rings is 1. The summed E-state index contributed by atoms with van der Waals surface area (Å²) in [6.45, 7) is 4.92. The van der Waals surface area contributed by atoms with Gasteiger partial charge in [0.1, 0.15) is 18.9 Å². The van der Waals surface area contributed by atoms with Crippen molar-refractivity contribution < 1.29 is 9.53 Å². The first-order valence-electron chi connectivity index (χ1n) is 6.82. The van der Waals surface area contributed by atoms with Crippen molar-refractivity contribution in [2.75, 3.05) is 18.5 Å². The van der Waals surface area contributed by atoms with E-state index in [-0.39, 0.29) is 12.5 Å². The summed E-state index contributed by atoms with van der Waals surface area (Å²) in [6, 6.07) is 9.18. The summed E-state index contributed by atoms with van der Waals surface area (Å²) in [7, 11) is 0. The highest BCUT2D eigenvalue weighted by atomic mass is 16.5. The van der Waals surface area contributed by atoms with Crippen LogP contribution in [0.15, 0.2) is 30.3 Å². The smallest absolute Gasteiger partial charge is 0.246 e. The Bertz CT molecular complexity index is 622. The highest BCUT2D eigenvalue weighted by Gasteiger charge is 2.08. The monoisotopic (exact) mass is 288 g/mol. The van der Waals surface area contributed by atoms with E-state index >= 15 is 0 Å². The molecule has 0 aliphatic carbocycles. The molecule has 3 N–H and O–H groups in total. The molecule has 112 valence electrons. The van der Waals surface area contributed by atoms with Crippen molar-refractivity contribution in [1.82, 2.24) is 9.78 Å². The molecular formula is C15H20N4O2.